The van der Waals surface area contributed by atoms with Crippen LogP contribution in [0.4, 0.5) is 0 Å². The van der Waals surface area contributed by atoms with Crippen LogP contribution in [0.5, 0.6) is 0 Å². The molecule has 0 heterocycles. The Morgan fingerprint density at radius 2 is 1.94 bits per heavy atom. The van der Waals surface area contributed by atoms with E-state index < -0.39 is 0 Å². The van der Waals surface area contributed by atoms with E-state index in [0.29, 0.717) is 22.6 Å². The minimum Gasteiger partial charge on any atom is -0.376 e. The maximum absolute atomic E-state index is 6.23. The molecule has 0 aliphatic heterocycles. The van der Waals surface area contributed by atoms with E-state index in [-0.39, 0.29) is 12.1 Å². The third kappa shape index (κ3) is 3.85. The van der Waals surface area contributed by atoms with Gasteiger partial charge in [-0.25, -0.2) is 0 Å². The van der Waals surface area contributed by atoms with Crippen LogP contribution in [0.1, 0.15) is 32.4 Å². The zero-order chi connectivity index (χ0) is 13.0. The van der Waals surface area contributed by atoms with Crippen LogP contribution in [0.25, 0.3) is 0 Å². The number of ether oxygens (including phenoxy) is 1. The largest absolute Gasteiger partial charge is 0.376 e. The molecular formula is C13H19Cl2NO. The highest BCUT2D eigenvalue weighted by Crippen LogP contribution is 2.30. The summed E-state index contributed by atoms with van der Waals surface area (Å²) in [5.74, 6) is 0.319. The molecule has 96 valence electrons. The molecule has 0 aliphatic carbocycles. The van der Waals surface area contributed by atoms with Crippen molar-refractivity contribution in [3.63, 3.8) is 0 Å². The van der Waals surface area contributed by atoms with E-state index in [1.54, 1.807) is 12.1 Å². The molecule has 0 aromatic heterocycles. The zero-order valence-corrected chi connectivity index (χ0v) is 11.9. The van der Waals surface area contributed by atoms with Gasteiger partial charge in [-0.05, 0) is 36.6 Å². The maximum atomic E-state index is 6.23. The first-order chi connectivity index (χ1) is 7.97. The second-order valence-electron chi connectivity index (χ2n) is 4.36. The molecule has 1 rings (SSSR count). The number of nitrogens with two attached hydrogens (primary N) is 1. The summed E-state index contributed by atoms with van der Waals surface area (Å²) >= 11 is 12.1. The average Bonchev–Trinajstić information content (AvgIpc) is 2.28. The second kappa shape index (κ2) is 6.60. The van der Waals surface area contributed by atoms with Gasteiger partial charge >= 0.3 is 0 Å². The van der Waals surface area contributed by atoms with Crippen molar-refractivity contribution >= 4 is 23.2 Å². The van der Waals surface area contributed by atoms with E-state index in [1.165, 1.54) is 0 Å². The molecule has 1 aromatic carbocycles. The van der Waals surface area contributed by atoms with Gasteiger partial charge < -0.3 is 10.5 Å². The van der Waals surface area contributed by atoms with E-state index >= 15 is 0 Å². The van der Waals surface area contributed by atoms with Crippen molar-refractivity contribution < 1.29 is 4.74 Å². The van der Waals surface area contributed by atoms with E-state index in [2.05, 4.69) is 13.8 Å². The van der Waals surface area contributed by atoms with Gasteiger partial charge in [0.15, 0.2) is 0 Å². The molecule has 0 amide bonds. The standard InChI is InChI=1S/C13H19Cl2NO/c1-4-17-13(8(2)3)12(16)10-7-9(14)5-6-11(10)15/h5-8,12-13H,4,16H2,1-3H3. The van der Waals surface area contributed by atoms with Crippen molar-refractivity contribution in [3.8, 4) is 0 Å². The van der Waals surface area contributed by atoms with Gasteiger partial charge in [0.25, 0.3) is 0 Å². The average molecular weight is 276 g/mol. The Balaban J connectivity index is 2.99. The lowest BCUT2D eigenvalue weighted by molar-refractivity contribution is 0.0122. The second-order valence-corrected chi connectivity index (χ2v) is 5.20. The Labute approximate surface area is 113 Å². The minimum absolute atomic E-state index is 0.0593. The van der Waals surface area contributed by atoms with Gasteiger partial charge in [-0.1, -0.05) is 37.0 Å². The number of rotatable bonds is 5. The molecule has 17 heavy (non-hydrogen) atoms. The van der Waals surface area contributed by atoms with Crippen molar-refractivity contribution in [2.75, 3.05) is 6.61 Å². The molecule has 0 saturated carbocycles. The summed E-state index contributed by atoms with van der Waals surface area (Å²) in [5.41, 5.74) is 7.07. The number of benzene rings is 1. The molecular weight excluding hydrogens is 257 g/mol. The van der Waals surface area contributed by atoms with Crippen molar-refractivity contribution in [2.45, 2.75) is 32.9 Å². The van der Waals surface area contributed by atoms with E-state index in [0.717, 1.165) is 5.56 Å². The quantitative estimate of drug-likeness (QED) is 0.880. The fourth-order valence-corrected chi connectivity index (χ4v) is 2.27. The molecule has 4 heteroatoms. The van der Waals surface area contributed by atoms with Gasteiger partial charge in [0, 0.05) is 16.7 Å². The SMILES string of the molecule is CCOC(C(C)C)C(N)c1cc(Cl)ccc1Cl. The molecule has 0 aliphatic rings. The molecule has 2 unspecified atom stereocenters. The van der Waals surface area contributed by atoms with Crippen LogP contribution < -0.4 is 5.73 Å². The Hall–Kier alpha value is -0.280. The number of hydrogen-bond donors (Lipinski definition) is 1. The molecule has 0 fully saturated rings. The van der Waals surface area contributed by atoms with E-state index in [4.69, 9.17) is 33.7 Å². The monoisotopic (exact) mass is 275 g/mol. The molecule has 2 nitrogen and oxygen atoms in total. The summed E-state index contributed by atoms with van der Waals surface area (Å²) in [4.78, 5) is 0. The van der Waals surface area contributed by atoms with Gasteiger partial charge in [0.2, 0.25) is 0 Å². The van der Waals surface area contributed by atoms with E-state index in [1.807, 2.05) is 13.0 Å². The van der Waals surface area contributed by atoms with Crippen molar-refractivity contribution in [1.82, 2.24) is 0 Å². The first kappa shape index (κ1) is 14.8. The van der Waals surface area contributed by atoms with Crippen LogP contribution in [0.15, 0.2) is 18.2 Å². The highest BCUT2D eigenvalue weighted by Gasteiger charge is 2.25. The van der Waals surface area contributed by atoms with Crippen molar-refractivity contribution in [3.05, 3.63) is 33.8 Å². The topological polar surface area (TPSA) is 35.2 Å². The van der Waals surface area contributed by atoms with Gasteiger partial charge in [-0.2, -0.15) is 0 Å². The van der Waals surface area contributed by atoms with Crippen molar-refractivity contribution in [1.29, 1.82) is 0 Å². The molecule has 0 radical (unpaired) electrons. The maximum Gasteiger partial charge on any atom is 0.0790 e. The van der Waals surface area contributed by atoms with Crippen LogP contribution >= 0.6 is 23.2 Å². The smallest absolute Gasteiger partial charge is 0.0790 e. The minimum atomic E-state index is -0.263. The highest BCUT2D eigenvalue weighted by atomic mass is 35.5. The predicted octanol–water partition coefficient (Wildman–Crippen LogP) is 4.05. The summed E-state index contributed by atoms with van der Waals surface area (Å²) in [6.07, 6.45) is -0.0593. The molecule has 2 atom stereocenters. The van der Waals surface area contributed by atoms with Crippen LogP contribution in [-0.2, 0) is 4.74 Å². The Morgan fingerprint density at radius 3 is 2.47 bits per heavy atom. The third-order valence-electron chi connectivity index (χ3n) is 2.69. The predicted molar refractivity (Wildman–Crippen MR) is 73.6 cm³/mol. The number of halogens is 2. The number of hydrogen-bond acceptors (Lipinski definition) is 2. The normalized spacial score (nSPS) is 15.0. The summed E-state index contributed by atoms with van der Waals surface area (Å²) < 4.78 is 5.69. The molecule has 1 aromatic rings. The lowest BCUT2D eigenvalue weighted by Crippen LogP contribution is -2.33. The van der Waals surface area contributed by atoms with Crippen LogP contribution in [0.3, 0.4) is 0 Å². The molecule has 2 N–H and O–H groups in total. The first-order valence-electron chi connectivity index (χ1n) is 5.79. The van der Waals surface area contributed by atoms with Crippen LogP contribution in [0.2, 0.25) is 10.0 Å². The lowest BCUT2D eigenvalue weighted by atomic mass is 9.94. The fraction of sp³-hybridized carbons (Fsp3) is 0.538. The summed E-state index contributed by atoms with van der Waals surface area (Å²) in [6.45, 7) is 6.76. The molecule has 0 saturated heterocycles. The van der Waals surface area contributed by atoms with Gasteiger partial charge in [-0.15, -0.1) is 0 Å². The van der Waals surface area contributed by atoms with Crippen LogP contribution in [0, 0.1) is 5.92 Å². The van der Waals surface area contributed by atoms with Gasteiger partial charge in [-0.3, -0.25) is 0 Å². The third-order valence-corrected chi connectivity index (χ3v) is 3.27. The van der Waals surface area contributed by atoms with Gasteiger partial charge in [0.05, 0.1) is 12.1 Å². The summed E-state index contributed by atoms with van der Waals surface area (Å²) in [5, 5.41) is 1.27. The summed E-state index contributed by atoms with van der Waals surface area (Å²) in [6, 6.07) is 5.07. The Kier molecular flexibility index (Phi) is 5.74. The van der Waals surface area contributed by atoms with Crippen molar-refractivity contribution in [2.24, 2.45) is 11.7 Å². The summed E-state index contributed by atoms with van der Waals surface area (Å²) in [7, 11) is 0. The molecule has 0 spiro atoms. The highest BCUT2D eigenvalue weighted by molar-refractivity contribution is 6.33. The zero-order valence-electron chi connectivity index (χ0n) is 10.4. The first-order valence-corrected chi connectivity index (χ1v) is 6.55. The Morgan fingerprint density at radius 1 is 1.29 bits per heavy atom. The lowest BCUT2D eigenvalue weighted by Gasteiger charge is -2.28. The van der Waals surface area contributed by atoms with Crippen LogP contribution in [-0.4, -0.2) is 12.7 Å². The van der Waals surface area contributed by atoms with Gasteiger partial charge in [0.1, 0.15) is 0 Å². The molecule has 0 bridgehead atoms. The fourth-order valence-electron chi connectivity index (χ4n) is 1.85. The Bertz CT molecular complexity index is 368. The van der Waals surface area contributed by atoms with E-state index in [9.17, 15) is 0 Å².